The van der Waals surface area contributed by atoms with Crippen LogP contribution < -0.4 is 22.5 Å². The van der Waals surface area contributed by atoms with Crippen LogP contribution in [0.1, 0.15) is 45.4 Å². The van der Waals surface area contributed by atoms with Crippen molar-refractivity contribution in [1.29, 1.82) is 0 Å². The summed E-state index contributed by atoms with van der Waals surface area (Å²) in [6, 6.07) is 0. The first-order valence-electron chi connectivity index (χ1n) is 5.65. The van der Waals surface area contributed by atoms with Gasteiger partial charge in [-0.1, -0.05) is 32.6 Å². The Balaban J connectivity index is 4.00. The van der Waals surface area contributed by atoms with Gasteiger partial charge in [0.25, 0.3) is 0 Å². The van der Waals surface area contributed by atoms with Gasteiger partial charge in [-0.05, 0) is 6.42 Å². The summed E-state index contributed by atoms with van der Waals surface area (Å²) < 4.78 is 0. The molecule has 0 bridgehead atoms. The summed E-state index contributed by atoms with van der Waals surface area (Å²) in [4.78, 5) is 22.4. The lowest BCUT2D eigenvalue weighted by Crippen LogP contribution is -2.39. The third-order valence-corrected chi connectivity index (χ3v) is 2.51. The van der Waals surface area contributed by atoms with Gasteiger partial charge in [0, 0.05) is 12.3 Å². The summed E-state index contributed by atoms with van der Waals surface area (Å²) in [6.45, 7) is 2.12. The van der Waals surface area contributed by atoms with E-state index in [9.17, 15) is 9.59 Å². The number of rotatable bonds is 8. The van der Waals surface area contributed by atoms with Gasteiger partial charge >= 0.3 is 0 Å². The molecular weight excluding hydrogens is 208 g/mol. The fourth-order valence-electron chi connectivity index (χ4n) is 1.54. The van der Waals surface area contributed by atoms with Crippen LogP contribution in [0.25, 0.3) is 0 Å². The number of hydrazine groups is 2. The Morgan fingerprint density at radius 1 is 1.12 bits per heavy atom. The van der Waals surface area contributed by atoms with Crippen LogP contribution in [-0.2, 0) is 9.59 Å². The van der Waals surface area contributed by atoms with Gasteiger partial charge in [-0.3, -0.25) is 20.4 Å². The van der Waals surface area contributed by atoms with Crippen molar-refractivity contribution in [2.45, 2.75) is 45.4 Å². The van der Waals surface area contributed by atoms with E-state index in [-0.39, 0.29) is 24.2 Å². The monoisotopic (exact) mass is 230 g/mol. The molecule has 94 valence electrons. The predicted octanol–water partition coefficient (Wildman–Crippen LogP) is -0.0571. The van der Waals surface area contributed by atoms with E-state index in [1.807, 2.05) is 5.43 Å². The van der Waals surface area contributed by atoms with E-state index >= 15 is 0 Å². The van der Waals surface area contributed by atoms with E-state index < -0.39 is 0 Å². The second-order valence-corrected chi connectivity index (χ2v) is 3.83. The van der Waals surface area contributed by atoms with Crippen molar-refractivity contribution in [1.82, 2.24) is 10.9 Å². The van der Waals surface area contributed by atoms with Crippen LogP contribution in [0.4, 0.5) is 0 Å². The number of hydrogen-bond donors (Lipinski definition) is 4. The Morgan fingerprint density at radius 2 is 1.81 bits per heavy atom. The molecule has 16 heavy (non-hydrogen) atoms. The average Bonchev–Trinajstić information content (AvgIpc) is 2.31. The lowest BCUT2D eigenvalue weighted by Gasteiger charge is -2.13. The topological polar surface area (TPSA) is 110 Å². The van der Waals surface area contributed by atoms with Gasteiger partial charge in [0.1, 0.15) is 0 Å². The molecule has 0 heterocycles. The van der Waals surface area contributed by atoms with Crippen molar-refractivity contribution in [3.05, 3.63) is 0 Å². The van der Waals surface area contributed by atoms with Gasteiger partial charge in [0.05, 0.1) is 0 Å². The average molecular weight is 230 g/mol. The number of nitrogens with one attached hydrogen (secondary N) is 2. The summed E-state index contributed by atoms with van der Waals surface area (Å²) in [5.74, 6) is 9.00. The summed E-state index contributed by atoms with van der Waals surface area (Å²) in [5, 5.41) is 0. The Morgan fingerprint density at radius 3 is 2.31 bits per heavy atom. The van der Waals surface area contributed by atoms with Crippen LogP contribution in [0.15, 0.2) is 0 Å². The third kappa shape index (κ3) is 6.36. The molecule has 0 fully saturated rings. The maximum absolute atomic E-state index is 11.4. The minimum Gasteiger partial charge on any atom is -0.294 e. The van der Waals surface area contributed by atoms with Crippen molar-refractivity contribution in [2.75, 3.05) is 0 Å². The fraction of sp³-hybridized carbons (Fsp3) is 0.800. The van der Waals surface area contributed by atoms with Crippen LogP contribution in [0, 0.1) is 5.92 Å². The number of nitrogens with two attached hydrogens (primary N) is 2. The standard InChI is InChI=1S/C10H22N4O2/c1-2-3-4-5-6-8(10(16)14-12)7-9(15)13-11/h8H,2-7,11-12H2,1H3,(H,13,15)(H,14,16). The highest BCUT2D eigenvalue weighted by Gasteiger charge is 2.20. The van der Waals surface area contributed by atoms with E-state index in [1.165, 1.54) is 0 Å². The fourth-order valence-corrected chi connectivity index (χ4v) is 1.54. The molecule has 0 aromatic heterocycles. The molecule has 0 spiro atoms. The predicted molar refractivity (Wildman–Crippen MR) is 61.5 cm³/mol. The highest BCUT2D eigenvalue weighted by atomic mass is 16.2. The third-order valence-electron chi connectivity index (χ3n) is 2.51. The largest absolute Gasteiger partial charge is 0.294 e. The number of carbonyl (C=O) groups is 2. The second kappa shape index (κ2) is 9.11. The van der Waals surface area contributed by atoms with E-state index in [4.69, 9.17) is 11.7 Å². The van der Waals surface area contributed by atoms with Crippen molar-refractivity contribution >= 4 is 11.8 Å². The lowest BCUT2D eigenvalue weighted by molar-refractivity contribution is -0.130. The Hall–Kier alpha value is -1.14. The zero-order chi connectivity index (χ0) is 12.4. The van der Waals surface area contributed by atoms with Crippen molar-refractivity contribution in [2.24, 2.45) is 17.6 Å². The molecule has 6 heteroatoms. The van der Waals surface area contributed by atoms with E-state index in [0.29, 0.717) is 6.42 Å². The highest BCUT2D eigenvalue weighted by Crippen LogP contribution is 2.14. The van der Waals surface area contributed by atoms with Gasteiger partial charge in [0.15, 0.2) is 0 Å². The van der Waals surface area contributed by atoms with Crippen molar-refractivity contribution in [3.8, 4) is 0 Å². The molecule has 0 aromatic rings. The first kappa shape index (κ1) is 14.9. The molecule has 0 rings (SSSR count). The number of unbranched alkanes of at least 4 members (excludes halogenated alkanes) is 3. The SMILES string of the molecule is CCCCCCC(CC(=O)NN)C(=O)NN. The Bertz CT molecular complexity index is 221. The quantitative estimate of drug-likeness (QED) is 0.203. The van der Waals surface area contributed by atoms with Gasteiger partial charge in [-0.25, -0.2) is 11.7 Å². The van der Waals surface area contributed by atoms with Crippen LogP contribution in [-0.4, -0.2) is 11.8 Å². The zero-order valence-corrected chi connectivity index (χ0v) is 9.79. The normalized spacial score (nSPS) is 11.9. The first-order chi connectivity index (χ1) is 7.65. The van der Waals surface area contributed by atoms with Crippen LogP contribution in [0.5, 0.6) is 0 Å². The molecule has 1 atom stereocenters. The minimum atomic E-state index is -0.384. The molecule has 1 unspecified atom stereocenters. The summed E-state index contributed by atoms with van der Waals surface area (Å²) in [5.41, 5.74) is 4.09. The molecule has 6 N–H and O–H groups in total. The molecule has 0 radical (unpaired) electrons. The van der Waals surface area contributed by atoms with Crippen LogP contribution in [0.3, 0.4) is 0 Å². The second-order valence-electron chi connectivity index (χ2n) is 3.83. The first-order valence-corrected chi connectivity index (χ1v) is 5.65. The molecule has 0 aromatic carbocycles. The zero-order valence-electron chi connectivity index (χ0n) is 9.79. The molecule has 0 saturated carbocycles. The van der Waals surface area contributed by atoms with Crippen molar-refractivity contribution in [3.63, 3.8) is 0 Å². The molecule has 0 aliphatic heterocycles. The molecule has 2 amide bonds. The summed E-state index contributed by atoms with van der Waals surface area (Å²) in [6.07, 6.45) is 5.01. The maximum atomic E-state index is 11.4. The molecule has 0 aliphatic rings. The Kier molecular flexibility index (Phi) is 8.46. The van der Waals surface area contributed by atoms with E-state index in [1.54, 1.807) is 0 Å². The maximum Gasteiger partial charge on any atom is 0.237 e. The molecule has 6 nitrogen and oxygen atoms in total. The smallest absolute Gasteiger partial charge is 0.237 e. The number of amides is 2. The molecule has 0 aliphatic carbocycles. The minimum absolute atomic E-state index is 0.0889. The van der Waals surface area contributed by atoms with Gasteiger partial charge in [-0.2, -0.15) is 0 Å². The van der Waals surface area contributed by atoms with Crippen LogP contribution in [0.2, 0.25) is 0 Å². The van der Waals surface area contributed by atoms with Gasteiger partial charge in [-0.15, -0.1) is 0 Å². The molecule has 0 saturated heterocycles. The molecular formula is C10H22N4O2. The highest BCUT2D eigenvalue weighted by molar-refractivity contribution is 5.85. The Labute approximate surface area is 96.1 Å². The number of hydrogen-bond acceptors (Lipinski definition) is 4. The van der Waals surface area contributed by atoms with Gasteiger partial charge in [0.2, 0.25) is 11.8 Å². The summed E-state index contributed by atoms with van der Waals surface area (Å²) >= 11 is 0. The van der Waals surface area contributed by atoms with Gasteiger partial charge < -0.3 is 0 Å². The van der Waals surface area contributed by atoms with E-state index in [0.717, 1.165) is 25.7 Å². The van der Waals surface area contributed by atoms with Crippen LogP contribution >= 0.6 is 0 Å². The van der Waals surface area contributed by atoms with E-state index in [2.05, 4.69) is 12.3 Å². The number of carbonyl (C=O) groups excluding carboxylic acids is 2. The lowest BCUT2D eigenvalue weighted by atomic mass is 9.96. The van der Waals surface area contributed by atoms with Crippen molar-refractivity contribution < 1.29 is 9.59 Å². The summed E-state index contributed by atoms with van der Waals surface area (Å²) in [7, 11) is 0.